The van der Waals surface area contributed by atoms with Gasteiger partial charge in [0, 0.05) is 44.0 Å². The second-order valence-corrected chi connectivity index (χ2v) is 14.1. The molecule has 3 aromatic rings. The number of aromatic nitrogens is 2. The maximum atomic E-state index is 13.4. The van der Waals surface area contributed by atoms with E-state index in [-0.39, 0.29) is 59.3 Å². The number of benzene rings is 2. The zero-order chi connectivity index (χ0) is 30.8. The summed E-state index contributed by atoms with van der Waals surface area (Å²) in [5.74, 6) is -0.981. The molecular formula is C27H34FN5O7S2. The predicted octanol–water partition coefficient (Wildman–Crippen LogP) is 1.83. The van der Waals surface area contributed by atoms with Gasteiger partial charge in [-0.2, -0.15) is 12.7 Å². The van der Waals surface area contributed by atoms with E-state index in [1.165, 1.54) is 59.4 Å². The molecule has 0 radical (unpaired) electrons. The number of halogens is 1. The molecule has 12 nitrogen and oxygen atoms in total. The van der Waals surface area contributed by atoms with E-state index in [0.29, 0.717) is 5.56 Å². The van der Waals surface area contributed by atoms with Crippen molar-refractivity contribution in [1.29, 1.82) is 0 Å². The number of carbonyl (C=O) groups is 1. The second kappa shape index (κ2) is 12.4. The predicted molar refractivity (Wildman–Crippen MR) is 152 cm³/mol. The molecular weight excluding hydrogens is 589 g/mol. The standard InChI is InChI=1S/C27H34FN5O7S2/c1-18-13-33(19(2)16-34)27(35)12-20-11-22(30-41(36,37)26-15-31(3)17-29-26)7-10-24(20)40-25(18)14-32(4)42(38,39)23-8-5-21(28)6-9-23/h5-11,15,17-19,25,30,34H,12-14,16H2,1-4H3/t18-,19+,25-/m1/s1. The van der Waals surface area contributed by atoms with Gasteiger partial charge in [-0.05, 0) is 49.4 Å². The van der Waals surface area contributed by atoms with Crippen LogP contribution in [0.3, 0.4) is 0 Å². The number of imidazole rings is 1. The number of aryl methyl sites for hydroxylation is 1. The van der Waals surface area contributed by atoms with E-state index in [1.54, 1.807) is 14.0 Å². The average molecular weight is 624 g/mol. The maximum absolute atomic E-state index is 13.4. The molecule has 0 bridgehead atoms. The molecule has 1 aliphatic rings. The number of rotatable bonds is 9. The fraction of sp³-hybridized carbons (Fsp3) is 0.407. The normalized spacial score (nSPS) is 18.9. The van der Waals surface area contributed by atoms with Crippen LogP contribution < -0.4 is 9.46 Å². The van der Waals surface area contributed by atoms with Crippen molar-refractivity contribution < 1.29 is 35.9 Å². The first-order valence-corrected chi connectivity index (χ1v) is 16.1. The van der Waals surface area contributed by atoms with Gasteiger partial charge in [0.2, 0.25) is 15.9 Å². The summed E-state index contributed by atoms with van der Waals surface area (Å²) in [5, 5.41) is 9.66. The van der Waals surface area contributed by atoms with Crippen molar-refractivity contribution in [2.45, 2.75) is 42.3 Å². The van der Waals surface area contributed by atoms with Gasteiger partial charge >= 0.3 is 0 Å². The van der Waals surface area contributed by atoms with Crippen LogP contribution >= 0.6 is 0 Å². The Morgan fingerprint density at radius 3 is 2.50 bits per heavy atom. The molecule has 4 rings (SSSR count). The largest absolute Gasteiger partial charge is 0.488 e. The topological polar surface area (TPSA) is 151 Å². The van der Waals surface area contributed by atoms with Gasteiger partial charge in [-0.15, -0.1) is 0 Å². The van der Waals surface area contributed by atoms with E-state index in [2.05, 4.69) is 9.71 Å². The molecule has 0 saturated heterocycles. The van der Waals surface area contributed by atoms with Crippen LogP contribution in [0.4, 0.5) is 10.1 Å². The quantitative estimate of drug-likeness (QED) is 0.367. The van der Waals surface area contributed by atoms with Gasteiger partial charge in [0.1, 0.15) is 17.7 Å². The molecule has 0 unspecified atom stereocenters. The number of aliphatic hydroxyl groups is 1. The van der Waals surface area contributed by atoms with Crippen LogP contribution in [0.2, 0.25) is 0 Å². The second-order valence-electron chi connectivity index (χ2n) is 10.4. The highest BCUT2D eigenvalue weighted by Gasteiger charge is 2.33. The highest BCUT2D eigenvalue weighted by atomic mass is 32.2. The van der Waals surface area contributed by atoms with Crippen molar-refractivity contribution in [3.8, 4) is 5.75 Å². The molecule has 0 fully saturated rings. The third kappa shape index (κ3) is 6.91. The van der Waals surface area contributed by atoms with E-state index in [1.807, 2.05) is 6.92 Å². The fourth-order valence-electron chi connectivity index (χ4n) is 4.58. The minimum Gasteiger partial charge on any atom is -0.488 e. The van der Waals surface area contributed by atoms with E-state index in [4.69, 9.17) is 4.74 Å². The number of amides is 1. The molecule has 1 aromatic heterocycles. The Balaban J connectivity index is 1.68. The molecule has 15 heteroatoms. The first kappa shape index (κ1) is 31.4. The Morgan fingerprint density at radius 2 is 1.88 bits per heavy atom. The zero-order valence-electron chi connectivity index (χ0n) is 23.6. The number of carbonyl (C=O) groups excluding carboxylic acids is 1. The number of nitrogens with zero attached hydrogens (tertiary/aromatic N) is 4. The van der Waals surface area contributed by atoms with Gasteiger partial charge in [-0.1, -0.05) is 6.92 Å². The third-order valence-electron chi connectivity index (χ3n) is 7.08. The monoisotopic (exact) mass is 623 g/mol. The highest BCUT2D eigenvalue weighted by Crippen LogP contribution is 2.30. The smallest absolute Gasteiger partial charge is 0.280 e. The van der Waals surface area contributed by atoms with Crippen molar-refractivity contribution in [3.05, 3.63) is 66.4 Å². The number of aliphatic hydroxyl groups excluding tert-OH is 1. The van der Waals surface area contributed by atoms with Crippen molar-refractivity contribution in [3.63, 3.8) is 0 Å². The summed E-state index contributed by atoms with van der Waals surface area (Å²) in [6.45, 7) is 3.28. The fourth-order valence-corrected chi connectivity index (χ4v) is 6.80. The van der Waals surface area contributed by atoms with Crippen molar-refractivity contribution in [2.24, 2.45) is 13.0 Å². The number of nitrogens with one attached hydrogen (secondary N) is 1. The van der Waals surface area contributed by atoms with Gasteiger partial charge < -0.3 is 19.3 Å². The summed E-state index contributed by atoms with van der Waals surface area (Å²) in [4.78, 5) is 18.7. The number of anilines is 1. The molecule has 2 heterocycles. The maximum Gasteiger partial charge on any atom is 0.280 e. The summed E-state index contributed by atoms with van der Waals surface area (Å²) < 4.78 is 77.0. The molecule has 2 aromatic carbocycles. The number of ether oxygens (including phenoxy) is 1. The average Bonchev–Trinajstić information content (AvgIpc) is 3.40. The summed E-state index contributed by atoms with van der Waals surface area (Å²) >= 11 is 0. The molecule has 0 aliphatic carbocycles. The molecule has 1 aliphatic heterocycles. The summed E-state index contributed by atoms with van der Waals surface area (Å²) in [5.41, 5.74) is 0.553. The van der Waals surface area contributed by atoms with Crippen LogP contribution in [0, 0.1) is 11.7 Å². The third-order valence-corrected chi connectivity index (χ3v) is 10.2. The molecule has 42 heavy (non-hydrogen) atoms. The van der Waals surface area contributed by atoms with Crippen LogP contribution in [0.1, 0.15) is 19.4 Å². The molecule has 2 N–H and O–H groups in total. The van der Waals surface area contributed by atoms with E-state index < -0.39 is 38.0 Å². The van der Waals surface area contributed by atoms with Crippen LogP contribution in [0.5, 0.6) is 5.75 Å². The van der Waals surface area contributed by atoms with Crippen LogP contribution in [0.25, 0.3) is 0 Å². The first-order chi connectivity index (χ1) is 19.7. The van der Waals surface area contributed by atoms with Gasteiger partial charge in [0.15, 0.2) is 5.03 Å². The summed E-state index contributed by atoms with van der Waals surface area (Å²) in [6, 6.07) is 8.46. The van der Waals surface area contributed by atoms with Crippen LogP contribution in [-0.2, 0) is 38.3 Å². The van der Waals surface area contributed by atoms with Gasteiger partial charge in [0.05, 0.1) is 36.8 Å². The van der Waals surface area contributed by atoms with Crippen molar-refractivity contribution in [2.75, 3.05) is 31.5 Å². The van der Waals surface area contributed by atoms with Gasteiger partial charge in [-0.3, -0.25) is 9.52 Å². The Morgan fingerprint density at radius 1 is 1.19 bits per heavy atom. The number of hydrogen-bond acceptors (Lipinski definition) is 8. The van der Waals surface area contributed by atoms with E-state index >= 15 is 0 Å². The Kier molecular flexibility index (Phi) is 9.25. The van der Waals surface area contributed by atoms with E-state index in [0.717, 1.165) is 16.4 Å². The Labute approximate surface area is 244 Å². The Hall–Kier alpha value is -3.53. The van der Waals surface area contributed by atoms with E-state index in [9.17, 15) is 31.1 Å². The minimum atomic E-state index is -4.01. The first-order valence-electron chi connectivity index (χ1n) is 13.1. The Bertz CT molecular complexity index is 1650. The summed E-state index contributed by atoms with van der Waals surface area (Å²) in [7, 11) is -4.99. The molecule has 0 spiro atoms. The van der Waals surface area contributed by atoms with Crippen molar-refractivity contribution in [1.82, 2.24) is 18.8 Å². The number of fused-ring (bicyclic) bond motifs is 1. The molecule has 228 valence electrons. The SMILES string of the molecule is C[C@@H]1CN([C@@H](C)CO)C(=O)Cc2cc(NS(=O)(=O)c3cn(C)cn3)ccc2O[C@@H]1CN(C)S(=O)(=O)c1ccc(F)cc1. The lowest BCUT2D eigenvalue weighted by atomic mass is 10.0. The van der Waals surface area contributed by atoms with Gasteiger partial charge in [0.25, 0.3) is 10.0 Å². The highest BCUT2D eigenvalue weighted by molar-refractivity contribution is 7.92. The van der Waals surface area contributed by atoms with Gasteiger partial charge in [-0.25, -0.2) is 17.8 Å². The number of hydrogen-bond donors (Lipinski definition) is 2. The lowest BCUT2D eigenvalue weighted by Gasteiger charge is -2.33. The molecule has 0 saturated carbocycles. The number of likely N-dealkylation sites (N-methyl/N-ethyl adjacent to an activating group) is 1. The molecule has 1 amide bonds. The van der Waals surface area contributed by atoms with Crippen LogP contribution in [-0.4, -0.2) is 85.5 Å². The van der Waals surface area contributed by atoms with Crippen LogP contribution in [0.15, 0.2) is 64.9 Å². The number of sulfonamides is 2. The lowest BCUT2D eigenvalue weighted by Crippen LogP contribution is -2.48. The minimum absolute atomic E-state index is 0.0851. The zero-order valence-corrected chi connectivity index (χ0v) is 25.3. The van der Waals surface area contributed by atoms with Crippen molar-refractivity contribution >= 4 is 31.6 Å². The summed E-state index contributed by atoms with van der Waals surface area (Å²) in [6.07, 6.45) is 1.81. The molecule has 3 atom stereocenters. The lowest BCUT2D eigenvalue weighted by molar-refractivity contribution is -0.134.